The summed E-state index contributed by atoms with van der Waals surface area (Å²) in [7, 11) is 3.17. The second-order valence-corrected chi connectivity index (χ2v) is 4.77. The third kappa shape index (κ3) is 6.99. The van der Waals surface area contributed by atoms with Gasteiger partial charge >= 0.3 is 23.9 Å². The summed E-state index contributed by atoms with van der Waals surface area (Å²) in [4.78, 5) is 47.3. The number of hydrogen-bond acceptors (Lipinski definition) is 8. The van der Waals surface area contributed by atoms with Gasteiger partial charge in [-0.3, -0.25) is 0 Å². The molecule has 0 aromatic heterocycles. The van der Waals surface area contributed by atoms with E-state index in [-0.39, 0.29) is 0 Å². The molecule has 142 valence electrons. The van der Waals surface area contributed by atoms with Crippen molar-refractivity contribution in [3.63, 3.8) is 0 Å². The number of esters is 4. The van der Waals surface area contributed by atoms with Crippen LogP contribution in [0.3, 0.4) is 0 Å². The van der Waals surface area contributed by atoms with Crippen molar-refractivity contribution < 1.29 is 38.1 Å². The first-order valence-corrected chi connectivity index (χ1v) is 7.53. The van der Waals surface area contributed by atoms with E-state index >= 15 is 0 Å². The van der Waals surface area contributed by atoms with Gasteiger partial charge in [0.1, 0.15) is 0 Å². The van der Waals surface area contributed by atoms with Crippen LogP contribution in [0.4, 0.5) is 0 Å². The van der Waals surface area contributed by atoms with Gasteiger partial charge in [0.05, 0.1) is 38.7 Å². The van der Waals surface area contributed by atoms with Crippen LogP contribution in [0, 0.1) is 0 Å². The molecular formula is C19H18O8. The van der Waals surface area contributed by atoms with Crippen LogP contribution in [0.2, 0.25) is 0 Å². The number of carbonyl (C=O) groups excluding carboxylic acids is 4. The molecule has 0 saturated carbocycles. The summed E-state index contributed by atoms with van der Waals surface area (Å²) < 4.78 is 18.4. The lowest BCUT2D eigenvalue weighted by molar-refractivity contribution is -0.140. The van der Waals surface area contributed by atoms with E-state index in [1.165, 1.54) is 6.08 Å². The lowest BCUT2D eigenvalue weighted by Gasteiger charge is -2.08. The van der Waals surface area contributed by atoms with Crippen molar-refractivity contribution in [1.82, 2.24) is 0 Å². The zero-order valence-corrected chi connectivity index (χ0v) is 15.0. The minimum Gasteiger partial charge on any atom is -0.466 e. The van der Waals surface area contributed by atoms with E-state index in [2.05, 4.69) is 14.2 Å². The molecule has 1 aromatic carbocycles. The van der Waals surface area contributed by atoms with Gasteiger partial charge in [-0.05, 0) is 11.6 Å². The maximum absolute atomic E-state index is 12.0. The van der Waals surface area contributed by atoms with E-state index in [0.717, 1.165) is 33.2 Å². The Morgan fingerprint density at radius 1 is 0.741 bits per heavy atom. The molecule has 0 atom stereocenters. The molecule has 0 amide bonds. The molecule has 0 aliphatic heterocycles. The van der Waals surface area contributed by atoms with Crippen LogP contribution in [-0.2, 0) is 38.1 Å². The lowest BCUT2D eigenvalue weighted by Crippen LogP contribution is -2.18. The standard InChI is InChI=1S/C19H18O8/c1-24-16(20)11-14(18(22)25-2)15(19(23)26-3)12-17(21)27-10-9-13-7-5-4-6-8-13/h4-12H,1-3H3/b10-9+,14-11-,15-12-. The Kier molecular flexibility index (Phi) is 8.73. The highest BCUT2D eigenvalue weighted by Gasteiger charge is 2.25. The summed E-state index contributed by atoms with van der Waals surface area (Å²) in [6.07, 6.45) is 4.06. The predicted molar refractivity (Wildman–Crippen MR) is 93.8 cm³/mol. The van der Waals surface area contributed by atoms with Crippen molar-refractivity contribution >= 4 is 30.0 Å². The first-order valence-electron chi connectivity index (χ1n) is 7.53. The molecule has 0 spiro atoms. The Balaban J connectivity index is 3.12. The molecule has 0 fully saturated rings. The Morgan fingerprint density at radius 2 is 1.26 bits per heavy atom. The summed E-state index contributed by atoms with van der Waals surface area (Å²) in [6, 6.07) is 9.01. The maximum atomic E-state index is 12.0. The number of carbonyl (C=O) groups is 4. The van der Waals surface area contributed by atoms with Gasteiger partial charge in [-0.15, -0.1) is 0 Å². The highest BCUT2D eigenvalue weighted by atomic mass is 16.5. The predicted octanol–water partition coefficient (Wildman–Crippen LogP) is 1.57. The van der Waals surface area contributed by atoms with Gasteiger partial charge in [-0.1, -0.05) is 30.3 Å². The molecular weight excluding hydrogens is 356 g/mol. The third-order valence-electron chi connectivity index (χ3n) is 3.07. The average molecular weight is 374 g/mol. The van der Waals surface area contributed by atoms with Gasteiger partial charge < -0.3 is 18.9 Å². The molecule has 0 N–H and O–H groups in total. The van der Waals surface area contributed by atoms with Gasteiger partial charge in [0.2, 0.25) is 0 Å². The minimum absolute atomic E-state index is 0.514. The molecule has 1 aromatic rings. The van der Waals surface area contributed by atoms with Gasteiger partial charge in [-0.2, -0.15) is 0 Å². The van der Waals surface area contributed by atoms with Crippen molar-refractivity contribution in [3.8, 4) is 0 Å². The highest BCUT2D eigenvalue weighted by molar-refractivity contribution is 6.12. The second kappa shape index (κ2) is 11.0. The molecule has 0 aliphatic carbocycles. The lowest BCUT2D eigenvalue weighted by atomic mass is 10.1. The molecule has 8 heteroatoms. The van der Waals surface area contributed by atoms with E-state index in [9.17, 15) is 19.2 Å². The van der Waals surface area contributed by atoms with E-state index in [1.54, 1.807) is 24.3 Å². The number of benzene rings is 1. The smallest absolute Gasteiger partial charge is 0.339 e. The van der Waals surface area contributed by atoms with Gasteiger partial charge in [0, 0.05) is 12.2 Å². The largest absolute Gasteiger partial charge is 0.466 e. The number of methoxy groups -OCH3 is 3. The van der Waals surface area contributed by atoms with Crippen LogP contribution < -0.4 is 0 Å². The van der Waals surface area contributed by atoms with Crippen molar-refractivity contribution in [2.24, 2.45) is 0 Å². The Labute approximate surface area is 155 Å². The van der Waals surface area contributed by atoms with Crippen LogP contribution in [0.15, 0.2) is 59.9 Å². The van der Waals surface area contributed by atoms with Crippen LogP contribution in [0.25, 0.3) is 6.08 Å². The Morgan fingerprint density at radius 3 is 1.74 bits per heavy atom. The Bertz CT molecular complexity index is 787. The quantitative estimate of drug-likeness (QED) is 0.233. The first kappa shape index (κ1) is 21.4. The van der Waals surface area contributed by atoms with Crippen LogP contribution in [-0.4, -0.2) is 45.2 Å². The summed E-state index contributed by atoms with van der Waals surface area (Å²) in [5.41, 5.74) is -0.253. The maximum Gasteiger partial charge on any atom is 0.339 e. The first-order chi connectivity index (χ1) is 12.9. The zero-order chi connectivity index (χ0) is 20.2. The fraction of sp³-hybridized carbons (Fsp3) is 0.158. The monoisotopic (exact) mass is 374 g/mol. The molecule has 27 heavy (non-hydrogen) atoms. The molecule has 0 bridgehead atoms. The van der Waals surface area contributed by atoms with Crippen LogP contribution in [0.5, 0.6) is 0 Å². The highest BCUT2D eigenvalue weighted by Crippen LogP contribution is 2.15. The fourth-order valence-corrected chi connectivity index (χ4v) is 1.79. The Hall–Kier alpha value is -3.68. The summed E-state index contributed by atoms with van der Waals surface area (Å²) >= 11 is 0. The third-order valence-corrected chi connectivity index (χ3v) is 3.07. The van der Waals surface area contributed by atoms with Crippen LogP contribution >= 0.6 is 0 Å². The van der Waals surface area contributed by atoms with Gasteiger partial charge in [-0.25, -0.2) is 19.2 Å². The van der Waals surface area contributed by atoms with Crippen molar-refractivity contribution in [3.05, 3.63) is 65.5 Å². The van der Waals surface area contributed by atoms with Crippen molar-refractivity contribution in [2.75, 3.05) is 21.3 Å². The van der Waals surface area contributed by atoms with Gasteiger partial charge in [0.15, 0.2) is 0 Å². The normalized spacial score (nSPS) is 11.7. The van der Waals surface area contributed by atoms with E-state index in [1.807, 2.05) is 6.07 Å². The topological polar surface area (TPSA) is 105 Å². The number of hydrogen-bond donors (Lipinski definition) is 0. The van der Waals surface area contributed by atoms with E-state index < -0.39 is 35.0 Å². The summed E-state index contributed by atoms with van der Waals surface area (Å²) in [6.45, 7) is 0. The van der Waals surface area contributed by atoms with Crippen LogP contribution in [0.1, 0.15) is 5.56 Å². The molecule has 1 rings (SSSR count). The number of ether oxygens (including phenoxy) is 4. The SMILES string of the molecule is COC(=O)/C=C(C(=O)OC)/C(=C/C(=O)O/C=C/c1ccccc1)C(=O)OC. The molecule has 0 aliphatic rings. The molecule has 0 unspecified atom stereocenters. The van der Waals surface area contributed by atoms with Crippen molar-refractivity contribution in [1.29, 1.82) is 0 Å². The summed E-state index contributed by atoms with van der Waals surface area (Å²) in [5.74, 6) is -3.98. The van der Waals surface area contributed by atoms with E-state index in [0.29, 0.717) is 12.2 Å². The van der Waals surface area contributed by atoms with Gasteiger partial charge in [0.25, 0.3) is 0 Å². The summed E-state index contributed by atoms with van der Waals surface area (Å²) in [5, 5.41) is 0. The zero-order valence-electron chi connectivity index (χ0n) is 15.0. The molecule has 0 heterocycles. The fourth-order valence-electron chi connectivity index (χ4n) is 1.79. The molecule has 0 radical (unpaired) electrons. The van der Waals surface area contributed by atoms with E-state index in [4.69, 9.17) is 4.74 Å². The molecule has 8 nitrogen and oxygen atoms in total. The van der Waals surface area contributed by atoms with Crippen molar-refractivity contribution in [2.45, 2.75) is 0 Å². The number of rotatable bonds is 7. The molecule has 0 saturated heterocycles. The minimum atomic E-state index is -1.04. The second-order valence-electron chi connectivity index (χ2n) is 4.77. The average Bonchev–Trinajstić information content (AvgIpc) is 2.69.